The van der Waals surface area contributed by atoms with E-state index >= 15 is 0 Å². The van der Waals surface area contributed by atoms with E-state index in [1.807, 2.05) is 20.8 Å². The maximum absolute atomic E-state index is 13.9. The molecule has 0 unspecified atom stereocenters. The number of aryl methyl sites for hydroxylation is 1. The van der Waals surface area contributed by atoms with E-state index in [0.29, 0.717) is 0 Å². The van der Waals surface area contributed by atoms with Crippen LogP contribution in [-0.2, 0) is 11.6 Å². The molecule has 1 heterocycles. The van der Waals surface area contributed by atoms with E-state index in [9.17, 15) is 32.9 Å². The lowest BCUT2D eigenvalue weighted by molar-refractivity contribution is -0.385. The van der Waals surface area contributed by atoms with Crippen LogP contribution in [0.25, 0.3) is 11.0 Å². The Bertz CT molecular complexity index is 1650. The van der Waals surface area contributed by atoms with E-state index in [1.54, 1.807) is 12.1 Å². The summed E-state index contributed by atoms with van der Waals surface area (Å²) in [7, 11) is 0. The minimum Gasteiger partial charge on any atom is -0.449 e. The molecule has 1 aromatic heterocycles. The first-order valence-electron chi connectivity index (χ1n) is 11.6. The van der Waals surface area contributed by atoms with Gasteiger partial charge in [-0.05, 0) is 54.3 Å². The zero-order valence-electron chi connectivity index (χ0n) is 21.2. The van der Waals surface area contributed by atoms with Crippen molar-refractivity contribution in [3.05, 3.63) is 103 Å². The van der Waals surface area contributed by atoms with Gasteiger partial charge >= 0.3 is 12.1 Å². The number of carbonyl (C=O) groups excluding carboxylic acids is 1. The highest BCUT2D eigenvalue weighted by Gasteiger charge is 2.40. The molecular formula is C28H22F3NO7. The number of hydrogen-bond acceptors (Lipinski definition) is 7. The molecule has 3 aromatic carbocycles. The summed E-state index contributed by atoms with van der Waals surface area (Å²) in [5.41, 5.74) is -0.813. The smallest absolute Gasteiger partial charge is 0.449 e. The maximum atomic E-state index is 13.9. The Hall–Kier alpha value is -4.67. The summed E-state index contributed by atoms with van der Waals surface area (Å²) >= 11 is 0. The standard InChI is InChI=1S/C28H22F3NO7/c1-15-13-16(5-12-21(15)32(35)36)26(34)38-19-10-11-20-22(14-19)39-25(28(29,30)31)24(23(20)33)37-18-8-6-17(7-9-18)27(2,3)4/h5-14H,1-4H3. The summed E-state index contributed by atoms with van der Waals surface area (Å²) in [6, 6.07) is 13.2. The predicted molar refractivity (Wildman–Crippen MR) is 135 cm³/mol. The van der Waals surface area contributed by atoms with Crippen LogP contribution in [0.3, 0.4) is 0 Å². The van der Waals surface area contributed by atoms with Crippen LogP contribution in [0.5, 0.6) is 17.2 Å². The third-order valence-electron chi connectivity index (χ3n) is 5.86. The van der Waals surface area contributed by atoms with Gasteiger partial charge in [-0.15, -0.1) is 0 Å². The molecule has 39 heavy (non-hydrogen) atoms. The summed E-state index contributed by atoms with van der Waals surface area (Å²) in [5, 5.41) is 10.8. The molecule has 0 atom stereocenters. The van der Waals surface area contributed by atoms with Gasteiger partial charge in [0.25, 0.3) is 11.4 Å². The lowest BCUT2D eigenvalue weighted by atomic mass is 9.87. The van der Waals surface area contributed by atoms with E-state index < -0.39 is 39.6 Å². The average molecular weight is 541 g/mol. The first kappa shape index (κ1) is 27.4. The fraction of sp³-hybridized carbons (Fsp3) is 0.214. The van der Waals surface area contributed by atoms with Crippen LogP contribution in [0.2, 0.25) is 0 Å². The molecule has 11 heteroatoms. The van der Waals surface area contributed by atoms with E-state index in [4.69, 9.17) is 13.9 Å². The second-order valence-corrected chi connectivity index (χ2v) is 9.77. The normalized spacial score (nSPS) is 11.9. The first-order valence-corrected chi connectivity index (χ1v) is 11.6. The van der Waals surface area contributed by atoms with Crippen LogP contribution in [0.1, 0.15) is 48.0 Å². The van der Waals surface area contributed by atoms with Gasteiger partial charge in [0.15, 0.2) is 0 Å². The fourth-order valence-corrected chi connectivity index (χ4v) is 3.79. The van der Waals surface area contributed by atoms with Crippen molar-refractivity contribution in [2.24, 2.45) is 0 Å². The van der Waals surface area contributed by atoms with Crippen LogP contribution >= 0.6 is 0 Å². The molecule has 4 aromatic rings. The van der Waals surface area contributed by atoms with Crippen LogP contribution in [-0.4, -0.2) is 10.9 Å². The number of ether oxygens (including phenoxy) is 2. The number of carbonyl (C=O) groups is 1. The zero-order valence-corrected chi connectivity index (χ0v) is 21.2. The van der Waals surface area contributed by atoms with Gasteiger partial charge in [-0.2, -0.15) is 13.2 Å². The number of benzene rings is 3. The summed E-state index contributed by atoms with van der Waals surface area (Å²) < 4.78 is 57.3. The first-order chi connectivity index (χ1) is 18.1. The number of halogens is 3. The number of esters is 1. The van der Waals surface area contributed by atoms with Crippen LogP contribution < -0.4 is 14.9 Å². The number of alkyl halides is 3. The van der Waals surface area contributed by atoms with Crippen LogP contribution in [0.4, 0.5) is 18.9 Å². The quantitative estimate of drug-likeness (QED) is 0.113. The monoisotopic (exact) mass is 541 g/mol. The molecule has 4 rings (SSSR count). The summed E-state index contributed by atoms with van der Waals surface area (Å²) in [5.74, 6) is -3.77. The molecule has 0 bridgehead atoms. The van der Waals surface area contributed by atoms with Gasteiger partial charge in [0.1, 0.15) is 17.1 Å². The Morgan fingerprint density at radius 3 is 2.15 bits per heavy atom. The Balaban J connectivity index is 1.69. The maximum Gasteiger partial charge on any atom is 0.453 e. The second-order valence-electron chi connectivity index (χ2n) is 9.77. The lowest BCUT2D eigenvalue weighted by Gasteiger charge is -2.19. The van der Waals surface area contributed by atoms with Gasteiger partial charge in [0.05, 0.1) is 15.9 Å². The number of fused-ring (bicyclic) bond motifs is 1. The molecule has 0 aliphatic heterocycles. The highest BCUT2D eigenvalue weighted by Crippen LogP contribution is 2.39. The van der Waals surface area contributed by atoms with E-state index in [-0.39, 0.29) is 39.1 Å². The zero-order chi connectivity index (χ0) is 28.7. The largest absolute Gasteiger partial charge is 0.453 e. The Labute approximate surface area is 219 Å². The van der Waals surface area contributed by atoms with E-state index in [1.165, 1.54) is 37.3 Å². The van der Waals surface area contributed by atoms with E-state index in [2.05, 4.69) is 0 Å². The van der Waals surface area contributed by atoms with Crippen molar-refractivity contribution in [3.8, 4) is 17.2 Å². The molecule has 0 amide bonds. The molecule has 0 fully saturated rings. The van der Waals surface area contributed by atoms with Gasteiger partial charge in [-0.3, -0.25) is 14.9 Å². The molecule has 0 saturated heterocycles. The highest BCUT2D eigenvalue weighted by atomic mass is 19.4. The minimum atomic E-state index is -5.07. The highest BCUT2D eigenvalue weighted by molar-refractivity contribution is 5.92. The third kappa shape index (κ3) is 5.77. The lowest BCUT2D eigenvalue weighted by Crippen LogP contribution is -2.16. The van der Waals surface area contributed by atoms with Gasteiger partial charge in [-0.25, -0.2) is 4.79 Å². The summed E-state index contributed by atoms with van der Waals surface area (Å²) in [6.07, 6.45) is -5.07. The van der Waals surface area contributed by atoms with Crippen LogP contribution in [0.15, 0.2) is 69.9 Å². The molecule has 202 valence electrons. The Morgan fingerprint density at radius 2 is 1.59 bits per heavy atom. The SMILES string of the molecule is Cc1cc(C(=O)Oc2ccc3c(=O)c(Oc4ccc(C(C)(C)C)cc4)c(C(F)(F)F)oc3c2)ccc1[N+](=O)[O-]. The molecule has 0 radical (unpaired) electrons. The van der Waals surface area contributed by atoms with Crippen molar-refractivity contribution in [2.75, 3.05) is 0 Å². The fourth-order valence-electron chi connectivity index (χ4n) is 3.79. The number of nitro benzene ring substituents is 1. The molecule has 0 spiro atoms. The van der Waals surface area contributed by atoms with Crippen molar-refractivity contribution in [1.29, 1.82) is 0 Å². The molecule has 0 aliphatic rings. The van der Waals surface area contributed by atoms with Gasteiger partial charge < -0.3 is 13.9 Å². The van der Waals surface area contributed by atoms with Gasteiger partial charge in [0.2, 0.25) is 11.2 Å². The topological polar surface area (TPSA) is 109 Å². The molecule has 0 saturated carbocycles. The minimum absolute atomic E-state index is 0.0168. The van der Waals surface area contributed by atoms with Crippen molar-refractivity contribution < 1.29 is 36.8 Å². The number of hydrogen-bond donors (Lipinski definition) is 0. The third-order valence-corrected chi connectivity index (χ3v) is 5.86. The van der Waals surface area contributed by atoms with Gasteiger partial charge in [0, 0.05) is 17.7 Å². The summed E-state index contributed by atoms with van der Waals surface area (Å²) in [6.45, 7) is 7.36. The molecule has 8 nitrogen and oxygen atoms in total. The predicted octanol–water partition coefficient (Wildman–Crippen LogP) is 7.34. The van der Waals surface area contributed by atoms with Crippen molar-refractivity contribution in [1.82, 2.24) is 0 Å². The van der Waals surface area contributed by atoms with Crippen LogP contribution in [0, 0.1) is 17.0 Å². The van der Waals surface area contributed by atoms with E-state index in [0.717, 1.165) is 23.8 Å². The Morgan fingerprint density at radius 1 is 0.949 bits per heavy atom. The van der Waals surface area contributed by atoms with Crippen molar-refractivity contribution in [3.63, 3.8) is 0 Å². The molecule has 0 aliphatic carbocycles. The number of rotatable bonds is 5. The average Bonchev–Trinajstić information content (AvgIpc) is 2.84. The summed E-state index contributed by atoms with van der Waals surface area (Å²) in [4.78, 5) is 36.0. The van der Waals surface area contributed by atoms with Crippen molar-refractivity contribution >= 4 is 22.6 Å². The number of nitrogens with zero attached hydrogens (tertiary/aromatic N) is 1. The van der Waals surface area contributed by atoms with Gasteiger partial charge in [-0.1, -0.05) is 32.9 Å². The Kier molecular flexibility index (Phi) is 6.94. The molecule has 0 N–H and O–H groups in total. The molecular weight excluding hydrogens is 519 g/mol. The van der Waals surface area contributed by atoms with Crippen molar-refractivity contribution in [2.45, 2.75) is 39.3 Å². The second kappa shape index (κ2) is 9.90. The number of nitro groups is 1.